The monoisotopic (exact) mass is 390 g/mol. The van der Waals surface area contributed by atoms with Crippen LogP contribution in [-0.4, -0.2) is 11.3 Å². The smallest absolute Gasteiger partial charge is 0.0991 e. The Balaban J connectivity index is 0.000000256. The Hall–Kier alpha value is -0.600. The van der Waals surface area contributed by atoms with Crippen molar-refractivity contribution in [1.82, 2.24) is 0 Å². The highest BCUT2D eigenvalue weighted by molar-refractivity contribution is 5.25. The average Bonchev–Trinajstić information content (AvgIpc) is 2.66. The Morgan fingerprint density at radius 2 is 1.32 bits per heavy atom. The Morgan fingerprint density at radius 1 is 0.893 bits per heavy atom. The molecule has 2 fully saturated rings. The maximum Gasteiger partial charge on any atom is 0.0991 e. The first-order valence-corrected chi connectivity index (χ1v) is 12.0. The minimum Gasteiger partial charge on any atom is -0.379 e. The SMILES string of the molecule is CC(N)O.CC1CCC(CC2CCC(C)CC2)CC1.CCC1=CC=C[CH]C1C. The van der Waals surface area contributed by atoms with Gasteiger partial charge in [-0.25, -0.2) is 0 Å². The van der Waals surface area contributed by atoms with Crippen molar-refractivity contribution in [3.05, 3.63) is 30.2 Å². The molecule has 2 unspecified atom stereocenters. The van der Waals surface area contributed by atoms with Crippen LogP contribution >= 0.6 is 0 Å². The molecule has 0 aromatic heterocycles. The van der Waals surface area contributed by atoms with Crippen LogP contribution in [0.3, 0.4) is 0 Å². The fourth-order valence-corrected chi connectivity index (χ4v) is 4.73. The van der Waals surface area contributed by atoms with Gasteiger partial charge in [-0.2, -0.15) is 0 Å². The first-order chi connectivity index (χ1) is 13.3. The van der Waals surface area contributed by atoms with Crippen molar-refractivity contribution < 1.29 is 5.11 Å². The van der Waals surface area contributed by atoms with E-state index in [1.807, 2.05) is 0 Å². The van der Waals surface area contributed by atoms with E-state index >= 15 is 0 Å². The number of aliphatic hydroxyl groups is 1. The van der Waals surface area contributed by atoms with E-state index < -0.39 is 6.23 Å². The van der Waals surface area contributed by atoms with E-state index in [-0.39, 0.29) is 0 Å². The summed E-state index contributed by atoms with van der Waals surface area (Å²) >= 11 is 0. The van der Waals surface area contributed by atoms with Crippen LogP contribution in [-0.2, 0) is 0 Å². The van der Waals surface area contributed by atoms with Crippen LogP contribution in [0.15, 0.2) is 23.8 Å². The second-order valence-electron chi connectivity index (χ2n) is 9.69. The lowest BCUT2D eigenvalue weighted by Gasteiger charge is -2.32. The minimum absolute atomic E-state index is 0.667. The van der Waals surface area contributed by atoms with Gasteiger partial charge >= 0.3 is 0 Å². The van der Waals surface area contributed by atoms with Crippen molar-refractivity contribution in [3.8, 4) is 0 Å². The van der Waals surface area contributed by atoms with Crippen LogP contribution in [0.2, 0.25) is 0 Å². The second kappa shape index (κ2) is 14.4. The van der Waals surface area contributed by atoms with E-state index in [4.69, 9.17) is 5.11 Å². The van der Waals surface area contributed by atoms with Gasteiger partial charge in [-0.1, -0.05) is 103 Å². The molecule has 2 saturated carbocycles. The quantitative estimate of drug-likeness (QED) is 0.507. The number of nitrogens with two attached hydrogens (primary N) is 1. The molecule has 2 heteroatoms. The summed E-state index contributed by atoms with van der Waals surface area (Å²) in [5, 5.41) is 7.83. The zero-order valence-corrected chi connectivity index (χ0v) is 19.4. The van der Waals surface area contributed by atoms with Crippen LogP contribution in [0.25, 0.3) is 0 Å². The largest absolute Gasteiger partial charge is 0.379 e. The third-order valence-corrected chi connectivity index (χ3v) is 6.75. The molecule has 3 rings (SSSR count). The molecule has 1 radical (unpaired) electrons. The summed E-state index contributed by atoms with van der Waals surface area (Å²) in [7, 11) is 0. The van der Waals surface area contributed by atoms with Crippen LogP contribution in [0.4, 0.5) is 0 Å². The summed E-state index contributed by atoms with van der Waals surface area (Å²) in [6.07, 6.45) is 22.9. The lowest BCUT2D eigenvalue weighted by molar-refractivity contribution is 0.201. The molecule has 0 saturated heterocycles. The first-order valence-electron chi connectivity index (χ1n) is 12.0. The van der Waals surface area contributed by atoms with Crippen molar-refractivity contribution in [2.24, 2.45) is 35.3 Å². The summed E-state index contributed by atoms with van der Waals surface area (Å²) in [4.78, 5) is 0. The Bertz CT molecular complexity index is 415. The van der Waals surface area contributed by atoms with Crippen LogP contribution in [0.5, 0.6) is 0 Å². The van der Waals surface area contributed by atoms with Gasteiger partial charge in [0, 0.05) is 0 Å². The highest BCUT2D eigenvalue weighted by atomic mass is 16.3. The molecule has 0 bridgehead atoms. The highest BCUT2D eigenvalue weighted by Crippen LogP contribution is 2.37. The van der Waals surface area contributed by atoms with Crippen molar-refractivity contribution in [3.63, 3.8) is 0 Å². The number of allylic oxidation sites excluding steroid dienone is 4. The molecule has 0 aliphatic heterocycles. The normalized spacial score (nSPS) is 33.5. The summed E-state index contributed by atoms with van der Waals surface area (Å²) in [5.41, 5.74) is 6.21. The van der Waals surface area contributed by atoms with Gasteiger partial charge in [0.15, 0.2) is 0 Å². The topological polar surface area (TPSA) is 46.2 Å². The van der Waals surface area contributed by atoms with Gasteiger partial charge in [-0.3, -0.25) is 0 Å². The molecule has 3 aliphatic rings. The van der Waals surface area contributed by atoms with Gasteiger partial charge in [0.1, 0.15) is 0 Å². The van der Waals surface area contributed by atoms with Crippen LogP contribution < -0.4 is 5.73 Å². The molecule has 0 heterocycles. The molecule has 0 aromatic carbocycles. The molecular formula is C26H48NO. The summed E-state index contributed by atoms with van der Waals surface area (Å²) in [6.45, 7) is 10.8. The zero-order valence-electron chi connectivity index (χ0n) is 19.4. The van der Waals surface area contributed by atoms with Gasteiger partial charge in [0.05, 0.1) is 6.23 Å². The van der Waals surface area contributed by atoms with Crippen molar-refractivity contribution in [2.45, 2.75) is 105 Å². The van der Waals surface area contributed by atoms with Crippen molar-refractivity contribution in [2.75, 3.05) is 0 Å². The summed E-state index contributed by atoms with van der Waals surface area (Å²) in [5.74, 6) is 4.90. The third-order valence-electron chi connectivity index (χ3n) is 6.75. The second-order valence-corrected chi connectivity index (χ2v) is 9.69. The Morgan fingerprint density at radius 3 is 1.64 bits per heavy atom. The summed E-state index contributed by atoms with van der Waals surface area (Å²) < 4.78 is 0. The van der Waals surface area contributed by atoms with Crippen LogP contribution in [0.1, 0.15) is 98.8 Å². The lowest BCUT2D eigenvalue weighted by Crippen LogP contribution is -2.19. The maximum absolute atomic E-state index is 7.83. The number of hydrogen-bond acceptors (Lipinski definition) is 2. The predicted octanol–water partition coefficient (Wildman–Crippen LogP) is 7.05. The minimum atomic E-state index is -0.667. The fraction of sp³-hybridized carbons (Fsp3) is 0.808. The fourth-order valence-electron chi connectivity index (χ4n) is 4.73. The standard InChI is InChI=1S/C15H28.C9H13.C2H7NO/c1-12-3-7-14(8-4-12)11-15-9-5-13(2)6-10-15;1-3-9-7-5-4-6-8(9)2;1-2(3)4/h12-15H,3-11H2,1-2H3;4-8H,3H2,1-2H3;2,4H,3H2,1H3. The number of hydrogen-bond donors (Lipinski definition) is 2. The first kappa shape index (κ1) is 25.4. The molecule has 163 valence electrons. The predicted molar refractivity (Wildman–Crippen MR) is 124 cm³/mol. The molecule has 0 aromatic rings. The van der Waals surface area contributed by atoms with Gasteiger partial charge < -0.3 is 10.8 Å². The van der Waals surface area contributed by atoms with Gasteiger partial charge in [0.2, 0.25) is 0 Å². The van der Waals surface area contributed by atoms with E-state index in [1.54, 1.807) is 6.42 Å². The maximum atomic E-state index is 7.83. The molecular weight excluding hydrogens is 342 g/mol. The molecule has 3 N–H and O–H groups in total. The van der Waals surface area contributed by atoms with E-state index in [1.165, 1.54) is 70.3 Å². The van der Waals surface area contributed by atoms with Crippen molar-refractivity contribution >= 4 is 0 Å². The molecule has 0 spiro atoms. The highest BCUT2D eigenvalue weighted by Gasteiger charge is 2.24. The molecule has 2 nitrogen and oxygen atoms in total. The van der Waals surface area contributed by atoms with Crippen LogP contribution in [0, 0.1) is 36.0 Å². The van der Waals surface area contributed by atoms with E-state index in [0.29, 0.717) is 5.92 Å². The zero-order chi connectivity index (χ0) is 20.9. The van der Waals surface area contributed by atoms with E-state index in [0.717, 1.165) is 23.7 Å². The van der Waals surface area contributed by atoms with Crippen molar-refractivity contribution in [1.29, 1.82) is 0 Å². The third kappa shape index (κ3) is 11.4. The average molecular weight is 391 g/mol. The Labute approximate surface area is 176 Å². The van der Waals surface area contributed by atoms with E-state index in [9.17, 15) is 0 Å². The molecule has 0 amide bonds. The Kier molecular flexibility index (Phi) is 13.1. The number of aliphatic hydroxyl groups excluding tert-OH is 1. The van der Waals surface area contributed by atoms with Gasteiger partial charge in [-0.15, -0.1) is 0 Å². The summed E-state index contributed by atoms with van der Waals surface area (Å²) in [6, 6.07) is 0. The number of rotatable bonds is 3. The molecule has 28 heavy (non-hydrogen) atoms. The molecule has 2 atom stereocenters. The van der Waals surface area contributed by atoms with E-state index in [2.05, 4.69) is 58.1 Å². The lowest BCUT2D eigenvalue weighted by atomic mass is 9.74. The van der Waals surface area contributed by atoms with Gasteiger partial charge in [-0.05, 0) is 55.8 Å². The molecule has 3 aliphatic carbocycles. The van der Waals surface area contributed by atoms with Gasteiger partial charge in [0.25, 0.3) is 0 Å².